The number of carbonyl (C=O) groups excluding carboxylic acids is 2. The number of imide groups is 1. The van der Waals surface area contributed by atoms with Crippen LogP contribution in [0.4, 0.5) is 4.79 Å². The molecule has 1 atom stereocenters. The third kappa shape index (κ3) is 2.03. The second kappa shape index (κ2) is 4.96. The van der Waals surface area contributed by atoms with Crippen molar-refractivity contribution in [3.8, 4) is 11.5 Å². The first-order chi connectivity index (χ1) is 10.6. The Kier molecular flexibility index (Phi) is 3.16. The van der Waals surface area contributed by atoms with E-state index in [1.807, 2.05) is 0 Å². The summed E-state index contributed by atoms with van der Waals surface area (Å²) < 4.78 is 10.6. The van der Waals surface area contributed by atoms with Crippen molar-refractivity contribution in [3.63, 3.8) is 0 Å². The standard InChI is InChI=1S/C14H13ClN2O4S/c15-9-3-8(4-10-11(9)21-7-20-10)5-17-12(18)14(16-13(17)19)1-2-22-6-14/h3-4H,1-2,5-7H2,(H,16,19). The number of hydrogen-bond acceptors (Lipinski definition) is 5. The number of urea groups is 1. The van der Waals surface area contributed by atoms with Gasteiger partial charge in [-0.05, 0) is 29.9 Å². The number of carbonyl (C=O) groups is 2. The molecule has 22 heavy (non-hydrogen) atoms. The average molecular weight is 341 g/mol. The number of amides is 3. The molecule has 6 nitrogen and oxygen atoms in total. The molecule has 2 saturated heterocycles. The monoisotopic (exact) mass is 340 g/mol. The van der Waals surface area contributed by atoms with Crippen LogP contribution in [0, 0.1) is 0 Å². The SMILES string of the molecule is O=C1NC2(CCSC2)C(=O)N1Cc1cc(Cl)c2c(c1)OCO2. The van der Waals surface area contributed by atoms with Crippen LogP contribution in [0.5, 0.6) is 11.5 Å². The zero-order valence-corrected chi connectivity index (χ0v) is 13.1. The van der Waals surface area contributed by atoms with Crippen LogP contribution < -0.4 is 14.8 Å². The third-order valence-electron chi connectivity index (χ3n) is 4.10. The Morgan fingerprint density at radius 2 is 2.23 bits per heavy atom. The summed E-state index contributed by atoms with van der Waals surface area (Å²) >= 11 is 7.82. The fraction of sp³-hybridized carbons (Fsp3) is 0.429. The van der Waals surface area contributed by atoms with E-state index in [1.54, 1.807) is 23.9 Å². The highest BCUT2D eigenvalue weighted by Gasteiger charge is 2.52. The number of ether oxygens (including phenoxy) is 2. The molecule has 1 spiro atoms. The topological polar surface area (TPSA) is 67.9 Å². The van der Waals surface area contributed by atoms with Crippen LogP contribution in [0.3, 0.4) is 0 Å². The summed E-state index contributed by atoms with van der Waals surface area (Å²) in [6.07, 6.45) is 0.681. The molecule has 1 unspecified atom stereocenters. The van der Waals surface area contributed by atoms with Gasteiger partial charge in [-0.3, -0.25) is 9.69 Å². The van der Waals surface area contributed by atoms with Gasteiger partial charge in [0.25, 0.3) is 5.91 Å². The lowest BCUT2D eigenvalue weighted by atomic mass is 9.99. The Morgan fingerprint density at radius 3 is 3.00 bits per heavy atom. The Bertz CT molecular complexity index is 675. The maximum absolute atomic E-state index is 12.6. The summed E-state index contributed by atoms with van der Waals surface area (Å²) in [4.78, 5) is 26.0. The van der Waals surface area contributed by atoms with E-state index in [0.717, 1.165) is 11.3 Å². The van der Waals surface area contributed by atoms with E-state index in [2.05, 4.69) is 5.32 Å². The first-order valence-corrected chi connectivity index (χ1v) is 8.42. The number of thioether (sulfide) groups is 1. The summed E-state index contributed by atoms with van der Waals surface area (Å²) in [7, 11) is 0. The van der Waals surface area contributed by atoms with Gasteiger partial charge in [0.1, 0.15) is 5.54 Å². The minimum absolute atomic E-state index is 0.127. The number of rotatable bonds is 2. The molecule has 1 aromatic rings. The maximum Gasteiger partial charge on any atom is 0.325 e. The molecule has 116 valence electrons. The molecule has 2 fully saturated rings. The molecule has 0 aromatic heterocycles. The number of nitrogens with one attached hydrogen (secondary N) is 1. The Labute approximate surface area is 136 Å². The van der Waals surface area contributed by atoms with Crippen LogP contribution in [0.25, 0.3) is 0 Å². The number of hydrogen-bond donors (Lipinski definition) is 1. The van der Waals surface area contributed by atoms with E-state index in [4.69, 9.17) is 21.1 Å². The molecule has 0 radical (unpaired) electrons. The van der Waals surface area contributed by atoms with Crippen molar-refractivity contribution in [1.29, 1.82) is 0 Å². The van der Waals surface area contributed by atoms with Crippen LogP contribution >= 0.6 is 23.4 Å². The average Bonchev–Trinajstić information content (AvgIpc) is 3.17. The van der Waals surface area contributed by atoms with Crippen LogP contribution in [0.2, 0.25) is 5.02 Å². The Balaban J connectivity index is 1.60. The lowest BCUT2D eigenvalue weighted by Gasteiger charge is -2.19. The van der Waals surface area contributed by atoms with Gasteiger partial charge < -0.3 is 14.8 Å². The highest BCUT2D eigenvalue weighted by molar-refractivity contribution is 7.99. The Morgan fingerprint density at radius 1 is 1.36 bits per heavy atom. The molecule has 0 aliphatic carbocycles. The van der Waals surface area contributed by atoms with E-state index < -0.39 is 5.54 Å². The molecular weight excluding hydrogens is 328 g/mol. The van der Waals surface area contributed by atoms with Gasteiger partial charge in [-0.15, -0.1) is 0 Å². The molecule has 0 bridgehead atoms. The van der Waals surface area contributed by atoms with Gasteiger partial charge in [0.15, 0.2) is 11.5 Å². The van der Waals surface area contributed by atoms with Gasteiger partial charge in [-0.2, -0.15) is 11.8 Å². The maximum atomic E-state index is 12.6. The molecule has 1 N–H and O–H groups in total. The van der Waals surface area contributed by atoms with Crippen molar-refractivity contribution >= 4 is 35.3 Å². The first-order valence-electron chi connectivity index (χ1n) is 6.89. The quantitative estimate of drug-likeness (QED) is 0.834. The molecule has 1 aromatic carbocycles. The van der Waals surface area contributed by atoms with Gasteiger partial charge in [-0.1, -0.05) is 11.6 Å². The minimum Gasteiger partial charge on any atom is -0.454 e. The molecule has 8 heteroatoms. The highest BCUT2D eigenvalue weighted by atomic mass is 35.5. The van der Waals surface area contributed by atoms with Crippen molar-refractivity contribution < 1.29 is 19.1 Å². The minimum atomic E-state index is -0.720. The second-order valence-electron chi connectivity index (χ2n) is 5.52. The number of nitrogens with zero attached hydrogens (tertiary/aromatic N) is 1. The van der Waals surface area contributed by atoms with E-state index in [0.29, 0.717) is 28.7 Å². The van der Waals surface area contributed by atoms with Crippen molar-refractivity contribution in [2.24, 2.45) is 0 Å². The van der Waals surface area contributed by atoms with Crippen molar-refractivity contribution in [1.82, 2.24) is 10.2 Å². The Hall–Kier alpha value is -1.60. The fourth-order valence-corrected chi connectivity index (χ4v) is 4.56. The van der Waals surface area contributed by atoms with Gasteiger partial charge in [0.2, 0.25) is 6.79 Å². The first kappa shape index (κ1) is 14.0. The van der Waals surface area contributed by atoms with Crippen molar-refractivity contribution in [2.45, 2.75) is 18.5 Å². The molecule has 3 heterocycles. The molecule has 3 amide bonds. The third-order valence-corrected chi connectivity index (χ3v) is 5.57. The zero-order chi connectivity index (χ0) is 15.3. The number of fused-ring (bicyclic) bond motifs is 1. The van der Waals surface area contributed by atoms with E-state index in [-0.39, 0.29) is 25.3 Å². The summed E-state index contributed by atoms with van der Waals surface area (Å²) in [5.74, 6) is 2.41. The summed E-state index contributed by atoms with van der Waals surface area (Å²) in [6.45, 7) is 0.301. The predicted octanol–water partition coefficient (Wildman–Crippen LogP) is 2.00. The van der Waals surface area contributed by atoms with E-state index in [1.165, 1.54) is 4.90 Å². The molecule has 3 aliphatic rings. The predicted molar refractivity (Wildman–Crippen MR) is 81.3 cm³/mol. The van der Waals surface area contributed by atoms with Crippen molar-refractivity contribution in [3.05, 3.63) is 22.7 Å². The smallest absolute Gasteiger partial charge is 0.325 e. The number of halogens is 1. The summed E-state index contributed by atoms with van der Waals surface area (Å²) in [5.41, 5.74) is 0.0162. The van der Waals surface area contributed by atoms with Gasteiger partial charge in [-0.25, -0.2) is 4.79 Å². The lowest BCUT2D eigenvalue weighted by molar-refractivity contribution is -0.130. The van der Waals surface area contributed by atoms with Gasteiger partial charge >= 0.3 is 6.03 Å². The zero-order valence-electron chi connectivity index (χ0n) is 11.6. The molecule has 4 rings (SSSR count). The van der Waals surface area contributed by atoms with E-state index >= 15 is 0 Å². The molecule has 0 saturated carbocycles. The highest BCUT2D eigenvalue weighted by Crippen LogP contribution is 2.40. The molecule has 3 aliphatic heterocycles. The van der Waals surface area contributed by atoms with Gasteiger partial charge in [0.05, 0.1) is 11.6 Å². The lowest BCUT2D eigenvalue weighted by Crippen LogP contribution is -2.46. The normalized spacial score (nSPS) is 26.1. The van der Waals surface area contributed by atoms with Crippen LogP contribution in [0.15, 0.2) is 12.1 Å². The van der Waals surface area contributed by atoms with E-state index in [9.17, 15) is 9.59 Å². The fourth-order valence-electron chi connectivity index (χ4n) is 2.95. The van der Waals surface area contributed by atoms with Crippen molar-refractivity contribution in [2.75, 3.05) is 18.3 Å². The molecular formula is C14H13ClN2O4S. The van der Waals surface area contributed by atoms with Gasteiger partial charge in [0, 0.05) is 5.75 Å². The second-order valence-corrected chi connectivity index (χ2v) is 7.03. The number of benzene rings is 1. The van der Waals surface area contributed by atoms with Crippen LogP contribution in [-0.4, -0.2) is 40.7 Å². The van der Waals surface area contributed by atoms with Crippen LogP contribution in [-0.2, 0) is 11.3 Å². The summed E-state index contributed by atoms with van der Waals surface area (Å²) in [5, 5.41) is 3.26. The largest absolute Gasteiger partial charge is 0.454 e. The van der Waals surface area contributed by atoms with Crippen LogP contribution in [0.1, 0.15) is 12.0 Å². The summed E-state index contributed by atoms with van der Waals surface area (Å²) in [6, 6.07) is 3.11.